The van der Waals surface area contributed by atoms with Gasteiger partial charge in [-0.05, 0) is 28.8 Å². The van der Waals surface area contributed by atoms with Crippen LogP contribution < -0.4 is 4.90 Å². The Labute approximate surface area is 117 Å². The van der Waals surface area contributed by atoms with E-state index in [4.69, 9.17) is 0 Å². The number of aromatic nitrogens is 1. The van der Waals surface area contributed by atoms with Gasteiger partial charge in [0.1, 0.15) is 0 Å². The molecular formula is C13H18N4O3. The zero-order valence-electron chi connectivity index (χ0n) is 11.7. The van der Waals surface area contributed by atoms with Gasteiger partial charge in [0.05, 0.1) is 5.69 Å². The maximum absolute atomic E-state index is 11.9. The largest absolute Gasteiger partial charge is 0.368 e. The van der Waals surface area contributed by atoms with Crippen LogP contribution in [0.5, 0.6) is 0 Å². The normalized spacial score (nSPS) is 16.0. The first-order chi connectivity index (χ1) is 9.49. The van der Waals surface area contributed by atoms with Gasteiger partial charge >= 0.3 is 5.82 Å². The molecule has 0 atom stereocenters. The zero-order chi connectivity index (χ0) is 14.7. The lowest BCUT2D eigenvalue weighted by Crippen LogP contribution is -2.40. The zero-order valence-corrected chi connectivity index (χ0v) is 11.7. The molecule has 1 aliphatic rings. The summed E-state index contributed by atoms with van der Waals surface area (Å²) in [5, 5.41) is 10.6. The molecule has 1 aliphatic heterocycles. The van der Waals surface area contributed by atoms with E-state index < -0.39 is 4.92 Å². The van der Waals surface area contributed by atoms with Crippen molar-refractivity contribution < 1.29 is 9.72 Å². The second-order valence-electron chi connectivity index (χ2n) is 5.13. The molecule has 1 amide bonds. The molecule has 0 aromatic carbocycles. The molecule has 0 bridgehead atoms. The number of piperidine rings is 1. The molecule has 2 heterocycles. The number of rotatable bonds is 3. The van der Waals surface area contributed by atoms with Crippen LogP contribution in [0.2, 0.25) is 0 Å². The second kappa shape index (κ2) is 5.85. The maximum atomic E-state index is 11.9. The van der Waals surface area contributed by atoms with E-state index in [1.54, 1.807) is 25.1 Å². The quantitative estimate of drug-likeness (QED) is 0.615. The van der Waals surface area contributed by atoms with Crippen molar-refractivity contribution in [1.29, 1.82) is 0 Å². The Morgan fingerprint density at radius 3 is 2.50 bits per heavy atom. The molecule has 108 valence electrons. The maximum Gasteiger partial charge on any atom is 0.363 e. The van der Waals surface area contributed by atoms with E-state index in [2.05, 4.69) is 9.88 Å². The Bertz CT molecular complexity index is 493. The van der Waals surface area contributed by atoms with Gasteiger partial charge in [0.25, 0.3) is 0 Å². The standard InChI is InChI=1S/C13H18N4O3/c1-15(2)13(18)10-5-7-16(8-6-10)11-3-4-12(14-9-11)17(19)20/h3-4,9-10H,5-8H2,1-2H3. The predicted molar refractivity (Wildman–Crippen MR) is 74.5 cm³/mol. The fourth-order valence-corrected chi connectivity index (χ4v) is 2.42. The molecule has 0 spiro atoms. The van der Waals surface area contributed by atoms with Gasteiger partial charge in [-0.3, -0.25) is 4.79 Å². The van der Waals surface area contributed by atoms with Gasteiger partial charge in [-0.1, -0.05) is 0 Å². The van der Waals surface area contributed by atoms with Crippen molar-refractivity contribution in [3.8, 4) is 0 Å². The van der Waals surface area contributed by atoms with Crippen LogP contribution >= 0.6 is 0 Å². The summed E-state index contributed by atoms with van der Waals surface area (Å²) in [6.45, 7) is 1.54. The van der Waals surface area contributed by atoms with E-state index >= 15 is 0 Å². The number of carbonyl (C=O) groups is 1. The van der Waals surface area contributed by atoms with Gasteiger partial charge in [-0.25, -0.2) is 0 Å². The molecule has 7 heteroatoms. The SMILES string of the molecule is CN(C)C(=O)C1CCN(c2ccc([N+](=O)[O-])nc2)CC1. The molecule has 0 aliphatic carbocycles. The van der Waals surface area contributed by atoms with E-state index in [1.165, 1.54) is 12.3 Å². The highest BCUT2D eigenvalue weighted by Crippen LogP contribution is 2.24. The third-order valence-corrected chi connectivity index (χ3v) is 3.57. The van der Waals surface area contributed by atoms with E-state index in [1.807, 2.05) is 0 Å². The molecule has 1 saturated heterocycles. The molecular weight excluding hydrogens is 260 g/mol. The van der Waals surface area contributed by atoms with Crippen LogP contribution in [-0.2, 0) is 4.79 Å². The van der Waals surface area contributed by atoms with Crippen molar-refractivity contribution in [2.45, 2.75) is 12.8 Å². The summed E-state index contributed by atoms with van der Waals surface area (Å²) < 4.78 is 0. The van der Waals surface area contributed by atoms with Gasteiger partial charge < -0.3 is 19.9 Å². The van der Waals surface area contributed by atoms with Crippen molar-refractivity contribution in [3.05, 3.63) is 28.4 Å². The van der Waals surface area contributed by atoms with Crippen LogP contribution in [-0.4, -0.2) is 47.9 Å². The van der Waals surface area contributed by atoms with Crippen molar-refractivity contribution in [1.82, 2.24) is 9.88 Å². The average Bonchev–Trinajstić information content (AvgIpc) is 2.46. The summed E-state index contributed by atoms with van der Waals surface area (Å²) in [6.07, 6.45) is 3.12. The summed E-state index contributed by atoms with van der Waals surface area (Å²) >= 11 is 0. The summed E-state index contributed by atoms with van der Waals surface area (Å²) in [7, 11) is 3.55. The van der Waals surface area contributed by atoms with Crippen LogP contribution in [0.4, 0.5) is 11.5 Å². The highest BCUT2D eigenvalue weighted by Gasteiger charge is 2.26. The van der Waals surface area contributed by atoms with E-state index in [0.29, 0.717) is 0 Å². The summed E-state index contributed by atoms with van der Waals surface area (Å²) in [5.41, 5.74) is 0.867. The molecule has 1 fully saturated rings. The minimum absolute atomic E-state index is 0.0762. The Balaban J connectivity index is 1.97. The fourth-order valence-electron chi connectivity index (χ4n) is 2.42. The molecule has 20 heavy (non-hydrogen) atoms. The van der Waals surface area contributed by atoms with Crippen molar-refractivity contribution in [2.75, 3.05) is 32.1 Å². The first-order valence-electron chi connectivity index (χ1n) is 6.55. The Morgan fingerprint density at radius 1 is 1.40 bits per heavy atom. The Kier molecular flexibility index (Phi) is 4.16. The number of hydrogen-bond acceptors (Lipinski definition) is 5. The van der Waals surface area contributed by atoms with Gasteiger partial charge in [0.15, 0.2) is 6.20 Å². The monoisotopic (exact) mass is 278 g/mol. The van der Waals surface area contributed by atoms with Gasteiger partial charge in [0.2, 0.25) is 5.91 Å². The lowest BCUT2D eigenvalue weighted by molar-refractivity contribution is -0.389. The Hall–Kier alpha value is -2.18. The lowest BCUT2D eigenvalue weighted by Gasteiger charge is -2.33. The topological polar surface area (TPSA) is 79.6 Å². The number of carbonyl (C=O) groups excluding carboxylic acids is 1. The molecule has 0 N–H and O–H groups in total. The van der Waals surface area contributed by atoms with E-state index in [-0.39, 0.29) is 17.6 Å². The van der Waals surface area contributed by atoms with E-state index in [9.17, 15) is 14.9 Å². The number of nitro groups is 1. The van der Waals surface area contributed by atoms with Gasteiger partial charge in [-0.15, -0.1) is 0 Å². The van der Waals surface area contributed by atoms with Crippen LogP contribution in [0.1, 0.15) is 12.8 Å². The molecule has 2 rings (SSSR count). The summed E-state index contributed by atoms with van der Waals surface area (Å²) in [4.78, 5) is 29.5. The Morgan fingerprint density at radius 2 is 2.05 bits per heavy atom. The first-order valence-corrected chi connectivity index (χ1v) is 6.55. The highest BCUT2D eigenvalue weighted by molar-refractivity contribution is 5.78. The second-order valence-corrected chi connectivity index (χ2v) is 5.13. The molecule has 0 saturated carbocycles. The van der Waals surface area contributed by atoms with Gasteiger partial charge in [0, 0.05) is 39.2 Å². The number of nitrogens with zero attached hydrogens (tertiary/aromatic N) is 4. The highest BCUT2D eigenvalue weighted by atomic mass is 16.6. The third kappa shape index (κ3) is 3.04. The van der Waals surface area contributed by atoms with Crippen LogP contribution in [0.25, 0.3) is 0 Å². The minimum Gasteiger partial charge on any atom is -0.368 e. The molecule has 0 radical (unpaired) electrons. The van der Waals surface area contributed by atoms with Crippen LogP contribution in [0.3, 0.4) is 0 Å². The van der Waals surface area contributed by atoms with Crippen molar-refractivity contribution in [2.24, 2.45) is 5.92 Å². The number of anilines is 1. The van der Waals surface area contributed by atoms with E-state index in [0.717, 1.165) is 31.6 Å². The summed E-state index contributed by atoms with van der Waals surface area (Å²) in [5.74, 6) is 0.102. The summed E-state index contributed by atoms with van der Waals surface area (Å²) in [6, 6.07) is 3.12. The average molecular weight is 278 g/mol. The first kappa shape index (κ1) is 14.2. The predicted octanol–water partition coefficient (Wildman–Crippen LogP) is 1.29. The fraction of sp³-hybridized carbons (Fsp3) is 0.538. The smallest absolute Gasteiger partial charge is 0.363 e. The number of hydrogen-bond donors (Lipinski definition) is 0. The van der Waals surface area contributed by atoms with Crippen LogP contribution in [0, 0.1) is 16.0 Å². The number of pyridine rings is 1. The van der Waals surface area contributed by atoms with Gasteiger partial charge in [-0.2, -0.15) is 0 Å². The molecule has 1 aromatic rings. The third-order valence-electron chi connectivity index (χ3n) is 3.57. The lowest BCUT2D eigenvalue weighted by atomic mass is 9.95. The number of amides is 1. The van der Waals surface area contributed by atoms with Crippen molar-refractivity contribution in [3.63, 3.8) is 0 Å². The molecule has 0 unspecified atom stereocenters. The molecule has 7 nitrogen and oxygen atoms in total. The minimum atomic E-state index is -0.508. The van der Waals surface area contributed by atoms with Crippen molar-refractivity contribution >= 4 is 17.4 Å². The molecule has 1 aromatic heterocycles. The van der Waals surface area contributed by atoms with Crippen LogP contribution in [0.15, 0.2) is 18.3 Å².